The Labute approximate surface area is 164 Å². The molecule has 28 heavy (non-hydrogen) atoms. The number of ether oxygens (including phenoxy) is 1. The molecule has 1 aliphatic heterocycles. The van der Waals surface area contributed by atoms with Gasteiger partial charge in [0.15, 0.2) is 0 Å². The lowest BCUT2D eigenvalue weighted by atomic mass is 10.1. The van der Waals surface area contributed by atoms with Gasteiger partial charge in [0, 0.05) is 24.3 Å². The Bertz CT molecular complexity index is 925. The lowest BCUT2D eigenvalue weighted by Crippen LogP contribution is -2.32. The van der Waals surface area contributed by atoms with Crippen molar-refractivity contribution in [3.63, 3.8) is 0 Å². The van der Waals surface area contributed by atoms with Crippen molar-refractivity contribution >= 4 is 15.9 Å². The summed E-state index contributed by atoms with van der Waals surface area (Å²) in [5, 5.41) is 2.71. The Balaban J connectivity index is 1.62. The van der Waals surface area contributed by atoms with E-state index in [1.54, 1.807) is 25.1 Å². The van der Waals surface area contributed by atoms with Gasteiger partial charge in [0.05, 0.1) is 17.0 Å². The Morgan fingerprint density at radius 3 is 2.57 bits per heavy atom. The Hall–Kier alpha value is -2.29. The van der Waals surface area contributed by atoms with Gasteiger partial charge in [-0.05, 0) is 50.1 Å². The van der Waals surface area contributed by atoms with E-state index >= 15 is 0 Å². The third-order valence-corrected chi connectivity index (χ3v) is 6.11. The highest BCUT2D eigenvalue weighted by atomic mass is 32.2. The summed E-state index contributed by atoms with van der Waals surface area (Å²) in [5.74, 6) is -0.805. The molecule has 1 aliphatic rings. The van der Waals surface area contributed by atoms with Crippen molar-refractivity contribution in [2.75, 3.05) is 13.2 Å². The molecule has 2 unspecified atom stereocenters. The fourth-order valence-electron chi connectivity index (χ4n) is 3.06. The molecule has 150 valence electrons. The van der Waals surface area contributed by atoms with E-state index in [0.717, 1.165) is 12.8 Å². The summed E-state index contributed by atoms with van der Waals surface area (Å²) < 4.78 is 46.5. The molecule has 1 heterocycles. The molecule has 2 aromatic carbocycles. The first-order valence-electron chi connectivity index (χ1n) is 9.13. The van der Waals surface area contributed by atoms with Crippen LogP contribution in [0.1, 0.15) is 41.7 Å². The number of hydrogen-bond acceptors (Lipinski definition) is 4. The molecule has 1 saturated heterocycles. The predicted octanol–water partition coefficient (Wildman–Crippen LogP) is 2.77. The van der Waals surface area contributed by atoms with Crippen LogP contribution in [0, 0.1) is 5.82 Å². The zero-order chi connectivity index (χ0) is 20.1. The van der Waals surface area contributed by atoms with Crippen LogP contribution in [0.15, 0.2) is 53.4 Å². The van der Waals surface area contributed by atoms with Crippen LogP contribution in [-0.4, -0.2) is 33.6 Å². The molecule has 0 aliphatic carbocycles. The zero-order valence-electron chi connectivity index (χ0n) is 15.5. The topological polar surface area (TPSA) is 84.5 Å². The molecule has 1 fully saturated rings. The summed E-state index contributed by atoms with van der Waals surface area (Å²) in [6.07, 6.45) is 1.67. The highest BCUT2D eigenvalue weighted by Crippen LogP contribution is 2.18. The van der Waals surface area contributed by atoms with Gasteiger partial charge in [-0.3, -0.25) is 4.79 Å². The highest BCUT2D eigenvalue weighted by molar-refractivity contribution is 7.89. The number of sulfonamides is 1. The summed E-state index contributed by atoms with van der Waals surface area (Å²) in [4.78, 5) is 12.5. The molecule has 6 nitrogen and oxygen atoms in total. The van der Waals surface area contributed by atoms with Crippen molar-refractivity contribution in [3.8, 4) is 0 Å². The standard InChI is InChI=1S/C20H23FN2O4S/c1-14(18-6-2-3-7-19(18)21)23-20(24)15-8-10-17(11-9-15)28(25,26)22-13-16-5-4-12-27-16/h2-3,6-11,14,16,22H,4-5,12-13H2,1H3,(H,23,24). The number of carbonyl (C=O) groups is 1. The maximum atomic E-state index is 13.8. The second kappa shape index (κ2) is 8.81. The SMILES string of the molecule is CC(NC(=O)c1ccc(S(=O)(=O)NCC2CCCO2)cc1)c1ccccc1F. The average molecular weight is 406 g/mol. The van der Waals surface area contributed by atoms with Gasteiger partial charge in [0.2, 0.25) is 10.0 Å². The smallest absolute Gasteiger partial charge is 0.251 e. The average Bonchev–Trinajstić information content (AvgIpc) is 3.20. The number of nitrogens with one attached hydrogen (secondary N) is 2. The number of benzene rings is 2. The summed E-state index contributed by atoms with van der Waals surface area (Å²) in [6.45, 7) is 2.57. The van der Waals surface area contributed by atoms with Gasteiger partial charge in [-0.2, -0.15) is 0 Å². The molecule has 2 N–H and O–H groups in total. The van der Waals surface area contributed by atoms with Crippen LogP contribution in [0.5, 0.6) is 0 Å². The van der Waals surface area contributed by atoms with Crippen LogP contribution < -0.4 is 10.0 Å². The van der Waals surface area contributed by atoms with Crippen LogP contribution in [0.2, 0.25) is 0 Å². The fraction of sp³-hybridized carbons (Fsp3) is 0.350. The van der Waals surface area contributed by atoms with Crippen molar-refractivity contribution in [1.29, 1.82) is 0 Å². The number of hydrogen-bond donors (Lipinski definition) is 2. The van der Waals surface area contributed by atoms with Gasteiger partial charge >= 0.3 is 0 Å². The van der Waals surface area contributed by atoms with E-state index in [9.17, 15) is 17.6 Å². The van der Waals surface area contributed by atoms with E-state index in [-0.39, 0.29) is 17.5 Å². The van der Waals surface area contributed by atoms with E-state index in [1.807, 2.05) is 0 Å². The fourth-order valence-corrected chi connectivity index (χ4v) is 4.13. The molecule has 0 saturated carbocycles. The van der Waals surface area contributed by atoms with Crippen LogP contribution in [0.3, 0.4) is 0 Å². The molecule has 3 rings (SSSR count). The summed E-state index contributed by atoms with van der Waals surface area (Å²) in [5.41, 5.74) is 0.676. The molecule has 8 heteroatoms. The van der Waals surface area contributed by atoms with E-state index < -0.39 is 27.8 Å². The molecule has 1 amide bonds. The van der Waals surface area contributed by atoms with Gasteiger partial charge in [-0.15, -0.1) is 0 Å². The molecule has 2 aromatic rings. The molecule has 0 bridgehead atoms. The highest BCUT2D eigenvalue weighted by Gasteiger charge is 2.21. The number of halogens is 1. The first-order valence-corrected chi connectivity index (χ1v) is 10.6. The van der Waals surface area contributed by atoms with Crippen molar-refractivity contribution in [2.24, 2.45) is 0 Å². The third kappa shape index (κ3) is 4.95. The van der Waals surface area contributed by atoms with Crippen LogP contribution in [-0.2, 0) is 14.8 Å². The first kappa shape index (κ1) is 20.4. The Kier molecular flexibility index (Phi) is 6.43. The normalized spacial score (nSPS) is 18.0. The monoisotopic (exact) mass is 406 g/mol. The van der Waals surface area contributed by atoms with Crippen molar-refractivity contribution < 1.29 is 22.3 Å². The summed E-state index contributed by atoms with van der Waals surface area (Å²) in [6, 6.07) is 11.3. The molecule has 0 radical (unpaired) electrons. The molecule has 0 aromatic heterocycles. The number of carbonyl (C=O) groups excluding carboxylic acids is 1. The van der Waals surface area contributed by atoms with Gasteiger partial charge in [0.1, 0.15) is 5.82 Å². The first-order chi connectivity index (χ1) is 13.4. The van der Waals surface area contributed by atoms with E-state index in [1.165, 1.54) is 30.3 Å². The molecule has 0 spiro atoms. The van der Waals surface area contributed by atoms with Crippen LogP contribution >= 0.6 is 0 Å². The largest absolute Gasteiger partial charge is 0.377 e. The summed E-state index contributed by atoms with van der Waals surface area (Å²) >= 11 is 0. The van der Waals surface area contributed by atoms with Gasteiger partial charge in [-0.25, -0.2) is 17.5 Å². The van der Waals surface area contributed by atoms with Crippen LogP contribution in [0.4, 0.5) is 4.39 Å². The second-order valence-corrected chi connectivity index (χ2v) is 8.49. The quantitative estimate of drug-likeness (QED) is 0.741. The lowest BCUT2D eigenvalue weighted by molar-refractivity contribution is 0.0939. The molecular formula is C20H23FN2O4S. The van der Waals surface area contributed by atoms with E-state index in [2.05, 4.69) is 10.0 Å². The minimum Gasteiger partial charge on any atom is -0.377 e. The maximum Gasteiger partial charge on any atom is 0.251 e. The number of amides is 1. The lowest BCUT2D eigenvalue weighted by Gasteiger charge is -2.15. The van der Waals surface area contributed by atoms with E-state index in [4.69, 9.17) is 4.74 Å². The third-order valence-electron chi connectivity index (χ3n) is 4.67. The van der Waals surface area contributed by atoms with Gasteiger partial charge in [0.25, 0.3) is 5.91 Å². The maximum absolute atomic E-state index is 13.8. The van der Waals surface area contributed by atoms with Crippen molar-refractivity contribution in [1.82, 2.24) is 10.0 Å². The van der Waals surface area contributed by atoms with Crippen molar-refractivity contribution in [3.05, 3.63) is 65.5 Å². The van der Waals surface area contributed by atoms with Gasteiger partial charge < -0.3 is 10.1 Å². The number of rotatable bonds is 7. The van der Waals surface area contributed by atoms with Crippen molar-refractivity contribution in [2.45, 2.75) is 36.8 Å². The second-order valence-electron chi connectivity index (χ2n) is 6.73. The minimum atomic E-state index is -3.67. The van der Waals surface area contributed by atoms with Gasteiger partial charge in [-0.1, -0.05) is 18.2 Å². The predicted molar refractivity (Wildman–Crippen MR) is 103 cm³/mol. The molecular weight excluding hydrogens is 383 g/mol. The van der Waals surface area contributed by atoms with E-state index in [0.29, 0.717) is 17.7 Å². The summed E-state index contributed by atoms with van der Waals surface area (Å²) in [7, 11) is -3.67. The minimum absolute atomic E-state index is 0.0733. The van der Waals surface area contributed by atoms with Crippen LogP contribution in [0.25, 0.3) is 0 Å². The molecule has 2 atom stereocenters. The zero-order valence-corrected chi connectivity index (χ0v) is 16.3. The Morgan fingerprint density at radius 2 is 1.93 bits per heavy atom. The Morgan fingerprint density at radius 1 is 1.21 bits per heavy atom.